The third-order valence-electron chi connectivity index (χ3n) is 6.38. The maximum absolute atomic E-state index is 13.2. The number of benzene rings is 1. The molecule has 0 saturated carbocycles. The van der Waals surface area contributed by atoms with Crippen LogP contribution in [-0.2, 0) is 20.8 Å². The molecular formula is C29H35N5O3. The van der Waals surface area contributed by atoms with E-state index in [2.05, 4.69) is 18.2 Å². The van der Waals surface area contributed by atoms with Crippen molar-refractivity contribution in [2.45, 2.75) is 39.2 Å². The van der Waals surface area contributed by atoms with Crippen molar-refractivity contribution < 1.29 is 14.4 Å². The third-order valence-corrected chi connectivity index (χ3v) is 6.38. The number of amides is 2. The van der Waals surface area contributed by atoms with Crippen LogP contribution in [-0.4, -0.2) is 64.2 Å². The zero-order valence-corrected chi connectivity index (χ0v) is 21.6. The topological polar surface area (TPSA) is 99.3 Å². The minimum absolute atomic E-state index is 0.0326. The first-order chi connectivity index (χ1) is 17.7. The summed E-state index contributed by atoms with van der Waals surface area (Å²) in [7, 11) is 0. The molecule has 1 aromatic rings. The summed E-state index contributed by atoms with van der Waals surface area (Å²) in [6.07, 6.45) is 10.8. The number of Topliss-reactive ketones (excluding diaryl/α,β-unsaturated/α-hetero) is 1. The molecular weight excluding hydrogens is 466 g/mol. The van der Waals surface area contributed by atoms with Crippen molar-refractivity contribution in [1.82, 2.24) is 14.7 Å². The number of nitrogens with zero attached hydrogens (tertiary/aromatic N) is 4. The van der Waals surface area contributed by atoms with E-state index in [1.54, 1.807) is 40.6 Å². The molecule has 2 heterocycles. The van der Waals surface area contributed by atoms with Crippen LogP contribution < -0.4 is 5.73 Å². The first kappa shape index (κ1) is 27.4. The number of allylic oxidation sites excluding steroid dienone is 3. The SMILES string of the molecule is C=C(N)/C=C\C(=C)C(C)=NCC1=CN(CC(=O)C2CCCN2C(=O)Cc2ccc(C)cc2)C=CN1C=O. The molecule has 0 aliphatic carbocycles. The van der Waals surface area contributed by atoms with Gasteiger partial charge in [-0.2, -0.15) is 0 Å². The van der Waals surface area contributed by atoms with Gasteiger partial charge in [0.05, 0.1) is 31.2 Å². The second-order valence-corrected chi connectivity index (χ2v) is 9.31. The lowest BCUT2D eigenvalue weighted by molar-refractivity contribution is -0.137. The highest BCUT2D eigenvalue weighted by molar-refractivity contribution is 6.00. The molecule has 1 atom stereocenters. The Morgan fingerprint density at radius 3 is 2.57 bits per heavy atom. The van der Waals surface area contributed by atoms with E-state index in [0.717, 1.165) is 17.5 Å². The van der Waals surface area contributed by atoms with E-state index in [9.17, 15) is 14.4 Å². The Balaban J connectivity index is 1.64. The van der Waals surface area contributed by atoms with Crippen LogP contribution in [0.15, 0.2) is 90.1 Å². The summed E-state index contributed by atoms with van der Waals surface area (Å²) >= 11 is 0. The number of rotatable bonds is 11. The molecule has 8 heteroatoms. The lowest BCUT2D eigenvalue weighted by atomic mass is 10.1. The fraction of sp³-hybridized carbons (Fsp3) is 0.310. The third kappa shape index (κ3) is 7.64. The van der Waals surface area contributed by atoms with Gasteiger partial charge in [0.2, 0.25) is 12.3 Å². The van der Waals surface area contributed by atoms with Crippen molar-refractivity contribution in [3.8, 4) is 0 Å². The maximum atomic E-state index is 13.2. The number of hydrogen-bond acceptors (Lipinski definition) is 6. The van der Waals surface area contributed by atoms with Crippen molar-refractivity contribution in [3.05, 3.63) is 96.3 Å². The molecule has 1 aromatic carbocycles. The Morgan fingerprint density at radius 2 is 1.89 bits per heavy atom. The van der Waals surface area contributed by atoms with Gasteiger partial charge in [-0.25, -0.2) is 0 Å². The summed E-state index contributed by atoms with van der Waals surface area (Å²) in [6, 6.07) is 7.43. The molecule has 1 saturated heterocycles. The predicted octanol–water partition coefficient (Wildman–Crippen LogP) is 3.23. The van der Waals surface area contributed by atoms with Crippen LogP contribution in [0.2, 0.25) is 0 Å². The van der Waals surface area contributed by atoms with E-state index in [-0.39, 0.29) is 31.2 Å². The van der Waals surface area contributed by atoms with Gasteiger partial charge in [0.25, 0.3) is 0 Å². The molecule has 1 fully saturated rings. The Bertz CT molecular complexity index is 1180. The minimum Gasteiger partial charge on any atom is -0.399 e. The molecule has 0 spiro atoms. The van der Waals surface area contributed by atoms with Crippen LogP contribution in [0.1, 0.15) is 30.9 Å². The van der Waals surface area contributed by atoms with Crippen LogP contribution in [0.25, 0.3) is 0 Å². The number of nitrogens with two attached hydrogens (primary N) is 1. The maximum Gasteiger partial charge on any atom is 0.227 e. The summed E-state index contributed by atoms with van der Waals surface area (Å²) in [4.78, 5) is 47.1. The summed E-state index contributed by atoms with van der Waals surface area (Å²) < 4.78 is 0. The fourth-order valence-corrected chi connectivity index (χ4v) is 4.17. The van der Waals surface area contributed by atoms with E-state index in [1.165, 1.54) is 4.90 Å². The zero-order chi connectivity index (χ0) is 26.9. The summed E-state index contributed by atoms with van der Waals surface area (Å²) in [5.74, 6) is -0.0654. The molecule has 2 N–H and O–H groups in total. The first-order valence-corrected chi connectivity index (χ1v) is 12.3. The number of aryl methyl sites for hydroxylation is 1. The van der Waals surface area contributed by atoms with Crippen LogP contribution in [0.4, 0.5) is 0 Å². The van der Waals surface area contributed by atoms with Gasteiger partial charge in [0.15, 0.2) is 5.78 Å². The average molecular weight is 502 g/mol. The average Bonchev–Trinajstić information content (AvgIpc) is 3.37. The van der Waals surface area contributed by atoms with Crippen molar-refractivity contribution in [2.24, 2.45) is 10.7 Å². The molecule has 8 nitrogen and oxygen atoms in total. The number of likely N-dealkylation sites (tertiary alicyclic amines) is 1. The van der Waals surface area contributed by atoms with Crippen LogP contribution in [0, 0.1) is 6.92 Å². The van der Waals surface area contributed by atoms with E-state index >= 15 is 0 Å². The number of carbonyl (C=O) groups is 3. The summed E-state index contributed by atoms with van der Waals surface area (Å²) in [5.41, 5.74) is 10.0. The molecule has 1 unspecified atom stereocenters. The molecule has 37 heavy (non-hydrogen) atoms. The molecule has 2 aliphatic heterocycles. The predicted molar refractivity (Wildman–Crippen MR) is 146 cm³/mol. The van der Waals surface area contributed by atoms with E-state index < -0.39 is 6.04 Å². The highest BCUT2D eigenvalue weighted by Gasteiger charge is 2.34. The van der Waals surface area contributed by atoms with Gasteiger partial charge in [-0.15, -0.1) is 0 Å². The quantitative estimate of drug-likeness (QED) is 0.285. The molecule has 0 aromatic heterocycles. The Morgan fingerprint density at radius 1 is 1.16 bits per heavy atom. The molecule has 2 amide bonds. The van der Waals surface area contributed by atoms with Crippen molar-refractivity contribution in [1.29, 1.82) is 0 Å². The van der Waals surface area contributed by atoms with Gasteiger partial charge < -0.3 is 15.5 Å². The smallest absolute Gasteiger partial charge is 0.227 e. The van der Waals surface area contributed by atoms with Gasteiger partial charge >= 0.3 is 0 Å². The Labute approximate surface area is 218 Å². The van der Waals surface area contributed by atoms with Crippen molar-refractivity contribution >= 4 is 23.8 Å². The molecule has 2 aliphatic rings. The lowest BCUT2D eigenvalue weighted by Gasteiger charge is -2.29. The van der Waals surface area contributed by atoms with Gasteiger partial charge in [-0.3, -0.25) is 24.3 Å². The van der Waals surface area contributed by atoms with Gasteiger partial charge in [0, 0.05) is 36.6 Å². The van der Waals surface area contributed by atoms with E-state index in [1.807, 2.05) is 38.1 Å². The van der Waals surface area contributed by atoms with Gasteiger partial charge in [0.1, 0.15) is 0 Å². The van der Waals surface area contributed by atoms with Crippen LogP contribution in [0.3, 0.4) is 0 Å². The number of hydrogen-bond donors (Lipinski definition) is 1. The monoisotopic (exact) mass is 501 g/mol. The van der Waals surface area contributed by atoms with Gasteiger partial charge in [-0.05, 0) is 43.9 Å². The van der Waals surface area contributed by atoms with Crippen LogP contribution in [0.5, 0.6) is 0 Å². The number of aliphatic imine (C=N–C) groups is 1. The standard InChI is InChI=1S/C29H35N5O3/c1-21-7-11-25(12-8-21)16-29(37)34-13-5-6-27(34)28(36)19-32-14-15-33(20-35)26(18-32)17-31-24(4)22(2)9-10-23(3)30/h7-12,14-15,18,20,27H,2-3,5-6,13,16-17,19,30H2,1,4H3/b10-9-,31-24?. The largest absolute Gasteiger partial charge is 0.399 e. The highest BCUT2D eigenvalue weighted by atomic mass is 16.2. The molecule has 0 bridgehead atoms. The summed E-state index contributed by atoms with van der Waals surface area (Å²) in [6.45, 7) is 12.3. The normalized spacial score (nSPS) is 17.8. The summed E-state index contributed by atoms with van der Waals surface area (Å²) in [5, 5.41) is 0. The Kier molecular flexibility index (Phi) is 9.38. The Hall–Kier alpha value is -4.20. The van der Waals surface area contributed by atoms with Gasteiger partial charge in [-0.1, -0.05) is 49.1 Å². The second kappa shape index (κ2) is 12.7. The number of carbonyl (C=O) groups excluding carboxylic acids is 3. The zero-order valence-electron chi connectivity index (χ0n) is 21.6. The first-order valence-electron chi connectivity index (χ1n) is 12.3. The molecule has 0 radical (unpaired) electrons. The number of ketones is 1. The van der Waals surface area contributed by atoms with E-state index in [0.29, 0.717) is 42.1 Å². The fourth-order valence-electron chi connectivity index (χ4n) is 4.17. The second-order valence-electron chi connectivity index (χ2n) is 9.31. The highest BCUT2D eigenvalue weighted by Crippen LogP contribution is 2.21. The molecule has 194 valence electrons. The minimum atomic E-state index is -0.444. The van der Waals surface area contributed by atoms with Crippen LogP contribution >= 0.6 is 0 Å². The van der Waals surface area contributed by atoms with Crippen molar-refractivity contribution in [3.63, 3.8) is 0 Å². The lowest BCUT2D eigenvalue weighted by Crippen LogP contribution is -2.44. The molecule has 3 rings (SSSR count). The van der Waals surface area contributed by atoms with Crippen molar-refractivity contribution in [2.75, 3.05) is 19.6 Å². The van der Waals surface area contributed by atoms with E-state index in [4.69, 9.17) is 5.73 Å².